The normalized spacial score (nSPS) is 19.5. The van der Waals surface area contributed by atoms with E-state index in [1.165, 1.54) is 19.5 Å². The van der Waals surface area contributed by atoms with E-state index in [1.54, 1.807) is 29.2 Å². The maximum atomic E-state index is 13.7. The molecule has 44 heavy (non-hydrogen) atoms. The summed E-state index contributed by atoms with van der Waals surface area (Å²) in [5.41, 5.74) is 2.15. The van der Waals surface area contributed by atoms with Crippen LogP contribution in [0.4, 0.5) is 10.5 Å². The minimum Gasteiger partial charge on any atom is -0.467 e. The first kappa shape index (κ1) is 31.3. The number of aromatic nitrogens is 1. The van der Waals surface area contributed by atoms with Gasteiger partial charge in [0.25, 0.3) is 5.91 Å². The van der Waals surface area contributed by atoms with Crippen molar-refractivity contribution >= 4 is 52.8 Å². The second-order valence-corrected chi connectivity index (χ2v) is 11.7. The average Bonchev–Trinajstić information content (AvgIpc) is 3.04. The van der Waals surface area contributed by atoms with Gasteiger partial charge in [-0.1, -0.05) is 65.7 Å². The fraction of sp³-hybridized carbons (Fsp3) is 0.344. The van der Waals surface area contributed by atoms with Crippen molar-refractivity contribution in [2.75, 3.05) is 12.4 Å². The first-order valence-electron chi connectivity index (χ1n) is 14.3. The second-order valence-electron chi connectivity index (χ2n) is 10.9. The van der Waals surface area contributed by atoms with E-state index in [9.17, 15) is 19.2 Å². The van der Waals surface area contributed by atoms with E-state index >= 15 is 0 Å². The van der Waals surface area contributed by atoms with Crippen LogP contribution < -0.4 is 10.6 Å². The molecular weight excluding hydrogens is 607 g/mol. The number of benzene rings is 2. The zero-order valence-corrected chi connectivity index (χ0v) is 25.5. The molecule has 2 aromatic carbocycles. The first-order valence-corrected chi connectivity index (χ1v) is 15.1. The lowest BCUT2D eigenvalue weighted by Crippen LogP contribution is -2.64. The standard InChI is InChI=1S/C32H32Cl2N4O6/c1-43-31(41)26(15-19-7-11-22(12-8-19)36-29(39)27-24(33)16-35-17-25(27)34)37-30(40)28-21-9-13-23(14-10-21)38(28)32(42)44-18-20-5-3-2-4-6-20/h2-8,11-12,16-17,21,23,26,28H,9-10,13-15,18H2,1H3,(H,36,39)(H,37,40). The number of hydrogen-bond acceptors (Lipinski definition) is 7. The highest BCUT2D eigenvalue weighted by Crippen LogP contribution is 2.40. The van der Waals surface area contributed by atoms with Gasteiger partial charge in [0, 0.05) is 30.5 Å². The number of esters is 1. The Bertz CT molecular complexity index is 1490. The maximum absolute atomic E-state index is 13.7. The number of hydrogen-bond donors (Lipinski definition) is 2. The number of pyridine rings is 1. The molecule has 2 bridgehead atoms. The van der Waals surface area contributed by atoms with Crippen molar-refractivity contribution in [1.82, 2.24) is 15.2 Å². The lowest BCUT2D eigenvalue weighted by molar-refractivity contribution is -0.147. The summed E-state index contributed by atoms with van der Waals surface area (Å²) < 4.78 is 10.6. The molecule has 0 spiro atoms. The van der Waals surface area contributed by atoms with Crippen LogP contribution in [0.15, 0.2) is 67.0 Å². The molecule has 2 N–H and O–H groups in total. The van der Waals surface area contributed by atoms with Crippen molar-refractivity contribution in [3.8, 4) is 0 Å². The van der Waals surface area contributed by atoms with Crippen molar-refractivity contribution in [2.45, 2.75) is 56.8 Å². The number of ether oxygens (including phenoxy) is 2. The Balaban J connectivity index is 1.25. The number of carbonyl (C=O) groups excluding carboxylic acids is 4. The highest BCUT2D eigenvalue weighted by Gasteiger charge is 2.49. The van der Waals surface area contributed by atoms with E-state index in [-0.39, 0.29) is 40.6 Å². The Morgan fingerprint density at radius 2 is 1.59 bits per heavy atom. The Morgan fingerprint density at radius 1 is 0.932 bits per heavy atom. The fourth-order valence-corrected chi connectivity index (χ4v) is 6.46. The molecule has 6 rings (SSSR count). The van der Waals surface area contributed by atoms with Crippen LogP contribution in [0.25, 0.3) is 0 Å². The largest absolute Gasteiger partial charge is 0.467 e. The monoisotopic (exact) mass is 638 g/mol. The van der Waals surface area contributed by atoms with Crippen LogP contribution in [0.2, 0.25) is 10.0 Å². The number of nitrogens with zero attached hydrogens (tertiary/aromatic N) is 2. The summed E-state index contributed by atoms with van der Waals surface area (Å²) >= 11 is 12.2. The third-order valence-corrected chi connectivity index (χ3v) is 8.67. The zero-order chi connectivity index (χ0) is 31.2. The molecule has 1 aliphatic carbocycles. The van der Waals surface area contributed by atoms with Crippen LogP contribution >= 0.6 is 23.2 Å². The Labute approximate surface area is 265 Å². The van der Waals surface area contributed by atoms with Gasteiger partial charge in [-0.3, -0.25) is 19.5 Å². The number of fused-ring (bicyclic) bond motifs is 3. The molecule has 3 heterocycles. The fourth-order valence-electron chi connectivity index (χ4n) is 5.92. The molecule has 2 atom stereocenters. The summed E-state index contributed by atoms with van der Waals surface area (Å²) in [6, 6.07) is 14.3. The summed E-state index contributed by atoms with van der Waals surface area (Å²) in [6.45, 7) is 0.103. The van der Waals surface area contributed by atoms with E-state index in [4.69, 9.17) is 32.7 Å². The molecule has 3 aromatic rings. The SMILES string of the molecule is COC(=O)C(Cc1ccc(NC(=O)c2c(Cl)cncc2Cl)cc1)NC(=O)C1C2CCC(CC2)N1C(=O)OCc1ccccc1. The van der Waals surface area contributed by atoms with Crippen molar-refractivity contribution in [1.29, 1.82) is 0 Å². The van der Waals surface area contributed by atoms with Crippen molar-refractivity contribution < 1.29 is 28.7 Å². The lowest BCUT2D eigenvalue weighted by Gasteiger charge is -2.49. The predicted molar refractivity (Wildman–Crippen MR) is 164 cm³/mol. The molecule has 230 valence electrons. The van der Waals surface area contributed by atoms with Gasteiger partial charge in [0.15, 0.2) is 0 Å². The number of rotatable bonds is 9. The quantitative estimate of drug-likeness (QED) is 0.300. The zero-order valence-electron chi connectivity index (χ0n) is 24.0. The molecule has 10 nitrogen and oxygen atoms in total. The van der Waals surface area contributed by atoms with E-state index in [0.29, 0.717) is 11.3 Å². The molecule has 2 unspecified atom stereocenters. The average molecular weight is 640 g/mol. The van der Waals surface area contributed by atoms with Gasteiger partial charge in [0.1, 0.15) is 18.7 Å². The summed E-state index contributed by atoms with van der Waals surface area (Å²) in [7, 11) is 1.26. The van der Waals surface area contributed by atoms with Gasteiger partial charge in [0.05, 0.1) is 22.7 Å². The summed E-state index contributed by atoms with van der Waals surface area (Å²) in [4.78, 5) is 57.9. The lowest BCUT2D eigenvalue weighted by atomic mass is 9.74. The highest BCUT2D eigenvalue weighted by atomic mass is 35.5. The predicted octanol–water partition coefficient (Wildman–Crippen LogP) is 5.42. The van der Waals surface area contributed by atoms with Crippen LogP contribution in [0, 0.1) is 5.92 Å². The number of piperidine rings is 2. The van der Waals surface area contributed by atoms with Gasteiger partial charge in [0.2, 0.25) is 5.91 Å². The minimum atomic E-state index is -0.995. The van der Waals surface area contributed by atoms with Gasteiger partial charge in [-0.2, -0.15) is 0 Å². The molecular formula is C32H32Cl2N4O6. The van der Waals surface area contributed by atoms with Crippen LogP contribution in [-0.4, -0.2) is 59.0 Å². The van der Waals surface area contributed by atoms with E-state index < -0.39 is 36.0 Å². The van der Waals surface area contributed by atoms with Crippen LogP contribution in [-0.2, 0) is 32.1 Å². The Hall–Kier alpha value is -4.15. The molecule has 2 saturated heterocycles. The van der Waals surface area contributed by atoms with Gasteiger partial charge in [-0.05, 0) is 54.9 Å². The van der Waals surface area contributed by atoms with Gasteiger partial charge >= 0.3 is 12.1 Å². The first-order chi connectivity index (χ1) is 21.2. The summed E-state index contributed by atoms with van der Waals surface area (Å²) in [5, 5.41) is 5.82. The number of methoxy groups -OCH3 is 1. The second kappa shape index (κ2) is 14.1. The van der Waals surface area contributed by atoms with Crippen molar-refractivity contribution in [2.24, 2.45) is 5.92 Å². The third-order valence-electron chi connectivity index (χ3n) is 8.10. The third kappa shape index (κ3) is 7.14. The van der Waals surface area contributed by atoms with E-state index in [2.05, 4.69) is 15.6 Å². The summed E-state index contributed by atoms with van der Waals surface area (Å²) in [5.74, 6) is -1.56. The minimum absolute atomic E-state index is 0.0344. The topological polar surface area (TPSA) is 127 Å². The van der Waals surface area contributed by atoms with Crippen molar-refractivity contribution in [3.05, 3.63) is 93.7 Å². The number of nitrogens with one attached hydrogen (secondary N) is 2. The van der Waals surface area contributed by atoms with Gasteiger partial charge < -0.3 is 20.1 Å². The molecule has 12 heteroatoms. The molecule has 1 saturated carbocycles. The van der Waals surface area contributed by atoms with E-state index in [0.717, 1.165) is 31.2 Å². The molecule has 3 aliphatic rings. The molecule has 0 radical (unpaired) electrons. The van der Waals surface area contributed by atoms with Gasteiger partial charge in [-0.25, -0.2) is 9.59 Å². The van der Waals surface area contributed by atoms with E-state index in [1.807, 2.05) is 30.3 Å². The number of anilines is 1. The molecule has 3 fully saturated rings. The van der Waals surface area contributed by atoms with Crippen LogP contribution in [0.1, 0.15) is 47.2 Å². The maximum Gasteiger partial charge on any atom is 0.411 e. The Morgan fingerprint density at radius 3 is 2.23 bits per heavy atom. The molecule has 3 amide bonds. The highest BCUT2D eigenvalue weighted by molar-refractivity contribution is 6.40. The number of carbonyl (C=O) groups is 4. The Kier molecular flexibility index (Phi) is 10.0. The van der Waals surface area contributed by atoms with Gasteiger partial charge in [-0.15, -0.1) is 0 Å². The van der Waals surface area contributed by atoms with Crippen molar-refractivity contribution in [3.63, 3.8) is 0 Å². The summed E-state index contributed by atoms with van der Waals surface area (Å²) in [6.07, 6.45) is 5.50. The van der Waals surface area contributed by atoms with Crippen LogP contribution in [0.5, 0.6) is 0 Å². The molecule has 1 aromatic heterocycles. The smallest absolute Gasteiger partial charge is 0.411 e. The van der Waals surface area contributed by atoms with Crippen LogP contribution in [0.3, 0.4) is 0 Å². The number of amides is 3. The number of halogens is 2. The molecule has 2 aliphatic heterocycles.